The Morgan fingerprint density at radius 2 is 2.05 bits per heavy atom. The van der Waals surface area contributed by atoms with Crippen molar-refractivity contribution in [1.82, 2.24) is 15.3 Å². The van der Waals surface area contributed by atoms with Gasteiger partial charge >= 0.3 is 0 Å². The molecule has 2 N–H and O–H groups in total. The minimum absolute atomic E-state index is 0.0444. The summed E-state index contributed by atoms with van der Waals surface area (Å²) in [4.78, 5) is 22.5. The fourth-order valence-corrected chi connectivity index (χ4v) is 2.79. The molecule has 0 spiro atoms. The van der Waals surface area contributed by atoms with E-state index in [0.717, 1.165) is 50.3 Å². The number of aromatic nitrogens is 2. The van der Waals surface area contributed by atoms with E-state index >= 15 is 0 Å². The number of hydrogen-bond donors (Lipinski definition) is 2. The molecule has 1 aromatic heterocycles. The second-order valence-electron chi connectivity index (χ2n) is 6.07. The van der Waals surface area contributed by atoms with Crippen LogP contribution in [0.4, 0.5) is 5.82 Å². The fourth-order valence-electron chi connectivity index (χ4n) is 2.79. The predicted molar refractivity (Wildman–Crippen MR) is 78.9 cm³/mol. The third kappa shape index (κ3) is 3.50. The summed E-state index contributed by atoms with van der Waals surface area (Å²) in [6, 6.07) is 2.27. The normalized spacial score (nSPS) is 21.1. The van der Waals surface area contributed by atoms with E-state index < -0.39 is 6.10 Å². The molecule has 2 fully saturated rings. The highest BCUT2D eigenvalue weighted by molar-refractivity contribution is 5.81. The molecule has 0 radical (unpaired) electrons. The van der Waals surface area contributed by atoms with Gasteiger partial charge in [0.1, 0.15) is 18.2 Å². The van der Waals surface area contributed by atoms with Gasteiger partial charge in [-0.15, -0.1) is 0 Å². The predicted octanol–water partition coefficient (Wildman–Crippen LogP) is 0.641. The van der Waals surface area contributed by atoms with Crippen molar-refractivity contribution >= 4 is 11.7 Å². The number of anilines is 1. The first-order valence-corrected chi connectivity index (χ1v) is 7.65. The van der Waals surface area contributed by atoms with Crippen molar-refractivity contribution in [1.29, 1.82) is 0 Å². The molecule has 1 aliphatic carbocycles. The zero-order chi connectivity index (χ0) is 14.8. The Morgan fingerprint density at radius 1 is 1.33 bits per heavy atom. The van der Waals surface area contributed by atoms with Crippen LogP contribution in [0.15, 0.2) is 12.4 Å². The molecule has 6 heteroatoms. The monoisotopic (exact) mass is 290 g/mol. The van der Waals surface area contributed by atoms with E-state index in [-0.39, 0.29) is 11.8 Å². The van der Waals surface area contributed by atoms with Crippen LogP contribution >= 0.6 is 0 Å². The lowest BCUT2D eigenvalue weighted by Gasteiger charge is -2.34. The molecule has 2 aliphatic rings. The lowest BCUT2D eigenvalue weighted by atomic mass is 9.90. The Hall–Kier alpha value is -1.69. The summed E-state index contributed by atoms with van der Waals surface area (Å²) < 4.78 is 0. The SMILES string of the molecule is Cc1cc(N2CCC(C(O)C(=O)NC3CC3)CC2)ncn1. The highest BCUT2D eigenvalue weighted by atomic mass is 16.3. The Labute approximate surface area is 124 Å². The van der Waals surface area contributed by atoms with Gasteiger partial charge in [-0.2, -0.15) is 0 Å². The first-order chi connectivity index (χ1) is 10.1. The number of aryl methyl sites for hydroxylation is 1. The number of carbonyl (C=O) groups is 1. The molecule has 114 valence electrons. The van der Waals surface area contributed by atoms with Crippen LogP contribution in [-0.4, -0.2) is 46.2 Å². The number of nitrogens with zero attached hydrogens (tertiary/aromatic N) is 3. The Morgan fingerprint density at radius 3 is 2.67 bits per heavy atom. The molecule has 2 heterocycles. The highest BCUT2D eigenvalue weighted by Crippen LogP contribution is 2.25. The van der Waals surface area contributed by atoms with Crippen molar-refractivity contribution in [2.24, 2.45) is 5.92 Å². The Bertz CT molecular complexity index is 510. The number of hydrogen-bond acceptors (Lipinski definition) is 5. The zero-order valence-corrected chi connectivity index (χ0v) is 12.3. The molecule has 0 bridgehead atoms. The second kappa shape index (κ2) is 5.97. The molecule has 1 saturated heterocycles. The van der Waals surface area contributed by atoms with E-state index in [9.17, 15) is 9.90 Å². The largest absolute Gasteiger partial charge is 0.383 e. The molecule has 1 aliphatic heterocycles. The van der Waals surface area contributed by atoms with E-state index in [4.69, 9.17) is 0 Å². The third-order valence-electron chi connectivity index (χ3n) is 4.29. The van der Waals surface area contributed by atoms with Gasteiger partial charge in [0.05, 0.1) is 0 Å². The first-order valence-electron chi connectivity index (χ1n) is 7.65. The van der Waals surface area contributed by atoms with Crippen molar-refractivity contribution in [2.75, 3.05) is 18.0 Å². The van der Waals surface area contributed by atoms with Gasteiger partial charge in [0, 0.05) is 30.9 Å². The average molecular weight is 290 g/mol. The number of piperidine rings is 1. The number of aliphatic hydroxyl groups excluding tert-OH is 1. The summed E-state index contributed by atoms with van der Waals surface area (Å²) in [5, 5.41) is 13.0. The van der Waals surface area contributed by atoms with Gasteiger partial charge in [-0.1, -0.05) is 0 Å². The van der Waals surface area contributed by atoms with E-state index in [2.05, 4.69) is 20.2 Å². The highest BCUT2D eigenvalue weighted by Gasteiger charge is 2.33. The van der Waals surface area contributed by atoms with E-state index in [1.54, 1.807) is 6.33 Å². The molecule has 1 aromatic rings. The van der Waals surface area contributed by atoms with Gasteiger partial charge in [0.2, 0.25) is 5.91 Å². The summed E-state index contributed by atoms with van der Waals surface area (Å²) in [6.45, 7) is 3.58. The lowest BCUT2D eigenvalue weighted by molar-refractivity contribution is -0.132. The van der Waals surface area contributed by atoms with Crippen molar-refractivity contribution in [3.05, 3.63) is 18.1 Å². The third-order valence-corrected chi connectivity index (χ3v) is 4.29. The van der Waals surface area contributed by atoms with E-state index in [0.29, 0.717) is 6.04 Å². The topological polar surface area (TPSA) is 78.4 Å². The average Bonchev–Trinajstić information content (AvgIpc) is 3.30. The van der Waals surface area contributed by atoms with Crippen molar-refractivity contribution in [3.63, 3.8) is 0 Å². The van der Waals surface area contributed by atoms with Crippen LogP contribution in [0.1, 0.15) is 31.4 Å². The minimum atomic E-state index is -0.875. The van der Waals surface area contributed by atoms with Gasteiger partial charge in [0.25, 0.3) is 0 Å². The Balaban J connectivity index is 1.53. The molecule has 3 rings (SSSR count). The van der Waals surface area contributed by atoms with Crippen LogP contribution in [0.5, 0.6) is 0 Å². The van der Waals surface area contributed by atoms with Crippen molar-refractivity contribution in [2.45, 2.75) is 44.8 Å². The molecular weight excluding hydrogens is 268 g/mol. The maximum Gasteiger partial charge on any atom is 0.249 e. The number of rotatable bonds is 4. The first kappa shape index (κ1) is 14.3. The number of nitrogens with one attached hydrogen (secondary N) is 1. The second-order valence-corrected chi connectivity index (χ2v) is 6.07. The van der Waals surface area contributed by atoms with Crippen LogP contribution in [0.3, 0.4) is 0 Å². The summed E-state index contributed by atoms with van der Waals surface area (Å²) in [7, 11) is 0. The summed E-state index contributed by atoms with van der Waals surface area (Å²) in [5.74, 6) is 0.773. The van der Waals surface area contributed by atoms with Crippen LogP contribution in [0.25, 0.3) is 0 Å². The summed E-state index contributed by atoms with van der Waals surface area (Å²) in [5.41, 5.74) is 0.950. The van der Waals surface area contributed by atoms with Crippen LogP contribution in [0, 0.1) is 12.8 Å². The maximum absolute atomic E-state index is 11.9. The molecule has 6 nitrogen and oxygen atoms in total. The smallest absolute Gasteiger partial charge is 0.249 e. The molecule has 1 saturated carbocycles. The molecule has 1 unspecified atom stereocenters. The number of carbonyl (C=O) groups excluding carboxylic acids is 1. The molecular formula is C15H22N4O2. The molecule has 21 heavy (non-hydrogen) atoms. The minimum Gasteiger partial charge on any atom is -0.383 e. The van der Waals surface area contributed by atoms with Gasteiger partial charge in [0.15, 0.2) is 0 Å². The van der Waals surface area contributed by atoms with E-state index in [1.165, 1.54) is 0 Å². The molecule has 1 amide bonds. The summed E-state index contributed by atoms with van der Waals surface area (Å²) >= 11 is 0. The lowest BCUT2D eigenvalue weighted by Crippen LogP contribution is -2.45. The number of aliphatic hydroxyl groups is 1. The van der Waals surface area contributed by atoms with Gasteiger partial charge < -0.3 is 15.3 Å². The van der Waals surface area contributed by atoms with E-state index in [1.807, 2.05) is 13.0 Å². The maximum atomic E-state index is 11.9. The van der Waals surface area contributed by atoms with Gasteiger partial charge in [-0.25, -0.2) is 9.97 Å². The number of amides is 1. The fraction of sp³-hybridized carbons (Fsp3) is 0.667. The summed E-state index contributed by atoms with van der Waals surface area (Å²) in [6.07, 6.45) is 4.41. The zero-order valence-electron chi connectivity index (χ0n) is 12.3. The van der Waals surface area contributed by atoms with Crippen molar-refractivity contribution < 1.29 is 9.90 Å². The van der Waals surface area contributed by atoms with Gasteiger partial charge in [-0.05, 0) is 38.5 Å². The van der Waals surface area contributed by atoms with Crippen LogP contribution in [-0.2, 0) is 4.79 Å². The van der Waals surface area contributed by atoms with Crippen LogP contribution in [0.2, 0.25) is 0 Å². The van der Waals surface area contributed by atoms with Gasteiger partial charge in [-0.3, -0.25) is 4.79 Å². The van der Waals surface area contributed by atoms with Crippen LogP contribution < -0.4 is 10.2 Å². The quantitative estimate of drug-likeness (QED) is 0.851. The molecule has 1 atom stereocenters. The van der Waals surface area contributed by atoms with Crippen molar-refractivity contribution in [3.8, 4) is 0 Å². The Kier molecular flexibility index (Phi) is 4.05. The molecule has 0 aromatic carbocycles. The standard InChI is InChI=1S/C15H22N4O2/c1-10-8-13(17-9-16-10)19-6-4-11(5-7-19)14(20)15(21)18-12-2-3-12/h8-9,11-12,14,20H,2-7H2,1H3,(H,18,21).